The van der Waals surface area contributed by atoms with Crippen LogP contribution in [-0.4, -0.2) is 73.6 Å². The third-order valence-electron chi connectivity index (χ3n) is 4.65. The van der Waals surface area contributed by atoms with E-state index in [4.69, 9.17) is 15.0 Å². The van der Waals surface area contributed by atoms with Crippen molar-refractivity contribution in [3.63, 3.8) is 0 Å². The van der Waals surface area contributed by atoms with Crippen molar-refractivity contribution in [2.45, 2.75) is 83.1 Å². The summed E-state index contributed by atoms with van der Waals surface area (Å²) in [7, 11) is -3.65. The molecule has 1 rings (SSSR count). The number of methoxy groups -OCH3 is 1. The van der Waals surface area contributed by atoms with E-state index < -0.39 is 70.2 Å². The van der Waals surface area contributed by atoms with Crippen LogP contribution in [0.4, 0.5) is 4.79 Å². The molecular formula is C24H35N5O9S. The van der Waals surface area contributed by atoms with Crippen LogP contribution < -0.4 is 5.32 Å². The summed E-state index contributed by atoms with van der Waals surface area (Å²) in [6.45, 7) is 10.2. The van der Waals surface area contributed by atoms with E-state index in [1.165, 1.54) is 24.3 Å². The molecule has 2 amide bonds. The number of hydrogen-bond acceptors (Lipinski definition) is 10. The summed E-state index contributed by atoms with van der Waals surface area (Å²) in [5.74, 6) is -3.33. The second kappa shape index (κ2) is 13.3. The minimum absolute atomic E-state index is 0.294. The van der Waals surface area contributed by atoms with Crippen LogP contribution in [0.1, 0.15) is 53.5 Å². The first kappa shape index (κ1) is 33.2. The summed E-state index contributed by atoms with van der Waals surface area (Å²) < 4.78 is 42.4. The van der Waals surface area contributed by atoms with E-state index in [2.05, 4.69) is 20.1 Å². The van der Waals surface area contributed by atoms with Crippen LogP contribution in [0.2, 0.25) is 0 Å². The quantitative estimate of drug-likeness (QED) is 0.145. The number of azide groups is 1. The number of esters is 2. The predicted molar refractivity (Wildman–Crippen MR) is 139 cm³/mol. The average Bonchev–Trinajstić information content (AvgIpc) is 2.78. The number of carbonyl (C=O) groups excluding carboxylic acids is 4. The van der Waals surface area contributed by atoms with Crippen molar-refractivity contribution in [2.24, 2.45) is 5.11 Å². The van der Waals surface area contributed by atoms with Gasteiger partial charge in [-0.2, -0.15) is 0 Å². The van der Waals surface area contributed by atoms with Crippen LogP contribution in [-0.2, 0) is 38.6 Å². The Labute approximate surface area is 227 Å². The van der Waals surface area contributed by atoms with Gasteiger partial charge in [-0.1, -0.05) is 22.8 Å². The lowest BCUT2D eigenvalue weighted by Crippen LogP contribution is -2.50. The van der Waals surface area contributed by atoms with Crippen LogP contribution in [0, 0.1) is 6.92 Å². The molecule has 0 bridgehead atoms. The third-order valence-corrected chi connectivity index (χ3v) is 6.45. The maximum absolute atomic E-state index is 13.5. The third kappa shape index (κ3) is 10.8. The van der Waals surface area contributed by atoms with Crippen LogP contribution in [0.5, 0.6) is 0 Å². The Morgan fingerprint density at radius 3 is 2.00 bits per heavy atom. The van der Waals surface area contributed by atoms with Gasteiger partial charge in [0.15, 0.2) is 6.04 Å². The molecular weight excluding hydrogens is 534 g/mol. The number of ether oxygens (including phenoxy) is 3. The van der Waals surface area contributed by atoms with Gasteiger partial charge in [-0.25, -0.2) is 22.3 Å². The van der Waals surface area contributed by atoms with Gasteiger partial charge in [0, 0.05) is 4.91 Å². The molecule has 2 atom stereocenters. The van der Waals surface area contributed by atoms with E-state index in [0.29, 0.717) is 4.31 Å². The first-order valence-corrected chi connectivity index (χ1v) is 13.2. The molecule has 0 unspecified atom stereocenters. The van der Waals surface area contributed by atoms with Crippen LogP contribution in [0.25, 0.3) is 10.4 Å². The van der Waals surface area contributed by atoms with Crippen molar-refractivity contribution in [1.82, 2.24) is 9.62 Å². The largest absolute Gasteiger partial charge is 0.469 e. The Morgan fingerprint density at radius 2 is 1.54 bits per heavy atom. The zero-order chi connectivity index (χ0) is 30.2. The van der Waals surface area contributed by atoms with Gasteiger partial charge in [0.05, 0.1) is 25.0 Å². The van der Waals surface area contributed by atoms with Gasteiger partial charge in [0.2, 0.25) is 5.91 Å². The topological polar surface area (TPSA) is 194 Å². The molecule has 216 valence electrons. The number of aryl methyl sites for hydroxylation is 1. The zero-order valence-electron chi connectivity index (χ0n) is 23.2. The molecule has 1 N–H and O–H groups in total. The summed E-state index contributed by atoms with van der Waals surface area (Å²) in [6, 6.07) is 2.08. The van der Waals surface area contributed by atoms with Gasteiger partial charge in [0.1, 0.15) is 17.2 Å². The molecule has 39 heavy (non-hydrogen) atoms. The minimum atomic E-state index is -4.64. The molecule has 0 heterocycles. The highest BCUT2D eigenvalue weighted by molar-refractivity contribution is 7.89. The fourth-order valence-corrected chi connectivity index (χ4v) is 4.39. The lowest BCUT2D eigenvalue weighted by Gasteiger charge is -2.28. The van der Waals surface area contributed by atoms with Crippen molar-refractivity contribution in [2.75, 3.05) is 13.7 Å². The number of amides is 2. The summed E-state index contributed by atoms with van der Waals surface area (Å²) in [6.07, 6.45) is -1.95. The van der Waals surface area contributed by atoms with Gasteiger partial charge in [-0.3, -0.25) is 9.59 Å². The summed E-state index contributed by atoms with van der Waals surface area (Å²) in [5.41, 5.74) is 7.65. The van der Waals surface area contributed by atoms with E-state index in [1.54, 1.807) is 48.5 Å². The number of carbonyl (C=O) groups is 4. The molecule has 0 aliphatic rings. The highest BCUT2D eigenvalue weighted by Crippen LogP contribution is 2.21. The van der Waals surface area contributed by atoms with E-state index >= 15 is 0 Å². The van der Waals surface area contributed by atoms with Crippen molar-refractivity contribution in [3.8, 4) is 0 Å². The lowest BCUT2D eigenvalue weighted by molar-refractivity contribution is -0.159. The zero-order valence-corrected chi connectivity index (χ0v) is 24.1. The Balaban J connectivity index is 3.53. The summed E-state index contributed by atoms with van der Waals surface area (Å²) in [4.78, 5) is 53.2. The average molecular weight is 570 g/mol. The molecule has 0 spiro atoms. The van der Waals surface area contributed by atoms with Crippen molar-refractivity contribution >= 4 is 34.0 Å². The number of benzene rings is 1. The van der Waals surface area contributed by atoms with Crippen molar-refractivity contribution in [1.29, 1.82) is 0 Å². The highest BCUT2D eigenvalue weighted by atomic mass is 32.2. The Hall–Kier alpha value is -3.84. The van der Waals surface area contributed by atoms with Gasteiger partial charge in [-0.05, 0) is 66.1 Å². The Morgan fingerprint density at radius 1 is 1.00 bits per heavy atom. The van der Waals surface area contributed by atoms with Crippen molar-refractivity contribution in [3.05, 3.63) is 40.3 Å². The number of nitrogens with one attached hydrogen (secondary N) is 1. The SMILES string of the molecule is COC(=O)[C@H](CN(C(=O)C[C@@H](NC(=O)OC(C)(C)C)C(=O)OC(C)(C)C)S(=O)(=O)c1ccc(C)cc1)N=[N+]=[N-]. The fourth-order valence-electron chi connectivity index (χ4n) is 2.98. The summed E-state index contributed by atoms with van der Waals surface area (Å²) in [5, 5.41) is 5.50. The molecule has 14 nitrogen and oxygen atoms in total. The smallest absolute Gasteiger partial charge is 0.408 e. The fraction of sp³-hybridized carbons (Fsp3) is 0.583. The highest BCUT2D eigenvalue weighted by Gasteiger charge is 2.38. The minimum Gasteiger partial charge on any atom is -0.469 e. The second-order valence-electron chi connectivity index (χ2n) is 10.4. The first-order chi connectivity index (χ1) is 17.8. The van der Waals surface area contributed by atoms with Crippen LogP contribution in [0.15, 0.2) is 34.3 Å². The number of hydrogen-bond donors (Lipinski definition) is 1. The molecule has 0 saturated heterocycles. The van der Waals surface area contributed by atoms with Crippen molar-refractivity contribution < 1.29 is 41.8 Å². The van der Waals surface area contributed by atoms with E-state index in [1.807, 2.05) is 0 Å². The molecule has 0 aliphatic heterocycles. The second-order valence-corrected chi connectivity index (χ2v) is 12.3. The molecule has 0 radical (unpaired) electrons. The monoisotopic (exact) mass is 569 g/mol. The molecule has 0 aliphatic carbocycles. The number of rotatable bonds is 10. The molecule has 0 fully saturated rings. The van der Waals surface area contributed by atoms with E-state index in [9.17, 15) is 27.6 Å². The van der Waals surface area contributed by atoms with E-state index in [-0.39, 0.29) is 4.90 Å². The molecule has 1 aromatic carbocycles. The normalized spacial score (nSPS) is 13.2. The first-order valence-electron chi connectivity index (χ1n) is 11.8. The van der Waals surface area contributed by atoms with Gasteiger partial charge in [-0.15, -0.1) is 0 Å². The Kier molecular flexibility index (Phi) is 11.3. The van der Waals surface area contributed by atoms with Gasteiger partial charge in [0.25, 0.3) is 10.0 Å². The maximum Gasteiger partial charge on any atom is 0.408 e. The van der Waals surface area contributed by atoms with E-state index in [0.717, 1.165) is 12.7 Å². The predicted octanol–water partition coefficient (Wildman–Crippen LogP) is 2.99. The van der Waals surface area contributed by atoms with Crippen LogP contribution in [0.3, 0.4) is 0 Å². The molecule has 1 aromatic rings. The molecule has 0 saturated carbocycles. The standard InChI is InChI=1S/C24H35N5O9S/c1-15-9-11-16(12-10-15)39(34,35)29(14-18(27-28-25)20(31)36-8)19(30)13-17(21(32)37-23(2,3)4)26-22(33)38-24(5,6)7/h9-12,17-18H,13-14H2,1-8H3,(H,26,33)/t17-,18+/m1/s1. The molecule has 15 heteroatoms. The number of sulfonamides is 1. The van der Waals surface area contributed by atoms with Gasteiger partial charge < -0.3 is 19.5 Å². The number of alkyl carbamates (subject to hydrolysis) is 1. The Bertz CT molecular complexity index is 1210. The number of nitrogens with zero attached hydrogens (tertiary/aromatic N) is 4. The van der Waals surface area contributed by atoms with Gasteiger partial charge >= 0.3 is 18.0 Å². The maximum atomic E-state index is 13.5. The van der Waals surface area contributed by atoms with Crippen LogP contribution >= 0.6 is 0 Å². The molecule has 0 aromatic heterocycles. The summed E-state index contributed by atoms with van der Waals surface area (Å²) >= 11 is 0. The lowest BCUT2D eigenvalue weighted by atomic mass is 10.1.